The molecule has 2 aromatic carbocycles. The number of ether oxygens (including phenoxy) is 2. The molecule has 0 radical (unpaired) electrons. The summed E-state index contributed by atoms with van der Waals surface area (Å²) in [4.78, 5) is 10.4. The molecule has 7 heteroatoms. The number of benzene rings is 2. The van der Waals surface area contributed by atoms with Crippen LogP contribution in [0, 0.1) is 15.9 Å². The lowest BCUT2D eigenvalue weighted by Crippen LogP contribution is -2.02. The molecule has 0 heterocycles. The molecule has 0 amide bonds. The molecule has 0 atom stereocenters. The summed E-state index contributed by atoms with van der Waals surface area (Å²) in [5.41, 5.74) is 5.45. The Morgan fingerprint density at radius 1 is 1.29 bits per heavy atom. The zero-order valence-corrected chi connectivity index (χ0v) is 11.2. The van der Waals surface area contributed by atoms with Gasteiger partial charge in [0.05, 0.1) is 18.1 Å². The molecule has 0 unspecified atom stereocenters. The first kappa shape index (κ1) is 14.7. The predicted molar refractivity (Wildman–Crippen MR) is 74.0 cm³/mol. The fourth-order valence-electron chi connectivity index (χ4n) is 1.84. The molecule has 2 N–H and O–H groups in total. The normalized spacial score (nSPS) is 10.2. The van der Waals surface area contributed by atoms with E-state index in [0.717, 1.165) is 0 Å². The highest BCUT2D eigenvalue weighted by molar-refractivity contribution is 5.52. The quantitative estimate of drug-likeness (QED) is 0.676. The van der Waals surface area contributed by atoms with Crippen molar-refractivity contribution < 1.29 is 18.8 Å². The van der Waals surface area contributed by atoms with Crippen molar-refractivity contribution in [2.24, 2.45) is 5.73 Å². The maximum atomic E-state index is 13.6. The van der Waals surface area contributed by atoms with Crippen molar-refractivity contribution in [3.8, 4) is 17.2 Å². The zero-order chi connectivity index (χ0) is 15.4. The minimum atomic E-state index is -0.582. The first-order chi connectivity index (χ1) is 10.1. The van der Waals surface area contributed by atoms with Crippen molar-refractivity contribution in [1.29, 1.82) is 0 Å². The van der Waals surface area contributed by atoms with Crippen molar-refractivity contribution in [2.75, 3.05) is 7.11 Å². The fraction of sp³-hybridized carbons (Fsp3) is 0.143. The first-order valence-corrected chi connectivity index (χ1v) is 6.04. The van der Waals surface area contributed by atoms with Crippen molar-refractivity contribution in [3.05, 3.63) is 57.9 Å². The van der Waals surface area contributed by atoms with Crippen molar-refractivity contribution in [3.63, 3.8) is 0 Å². The van der Waals surface area contributed by atoms with Gasteiger partial charge in [0.1, 0.15) is 17.3 Å². The Balaban J connectivity index is 2.39. The Morgan fingerprint density at radius 3 is 2.67 bits per heavy atom. The molecule has 0 saturated carbocycles. The number of hydrogen-bond acceptors (Lipinski definition) is 5. The second kappa shape index (κ2) is 6.19. The van der Waals surface area contributed by atoms with Gasteiger partial charge in [-0.2, -0.15) is 0 Å². The summed E-state index contributed by atoms with van der Waals surface area (Å²) in [5, 5.41) is 11.0. The van der Waals surface area contributed by atoms with E-state index in [1.165, 1.54) is 37.4 Å². The van der Waals surface area contributed by atoms with E-state index in [2.05, 4.69) is 0 Å². The summed E-state index contributed by atoms with van der Waals surface area (Å²) in [5.74, 6) is 0.0448. The predicted octanol–water partition coefficient (Wildman–Crippen LogP) is 2.99. The van der Waals surface area contributed by atoms with Gasteiger partial charge in [0.15, 0.2) is 5.75 Å². The average molecular weight is 292 g/mol. The number of nitro benzene ring substituents is 1. The second-order valence-corrected chi connectivity index (χ2v) is 4.11. The van der Waals surface area contributed by atoms with Crippen LogP contribution in [0.4, 0.5) is 10.1 Å². The Hall–Kier alpha value is -2.67. The summed E-state index contributed by atoms with van der Waals surface area (Å²) in [6, 6.07) is 8.41. The lowest BCUT2D eigenvalue weighted by atomic mass is 10.2. The summed E-state index contributed by atoms with van der Waals surface area (Å²) in [6.07, 6.45) is 0. The summed E-state index contributed by atoms with van der Waals surface area (Å²) < 4.78 is 24.0. The Kier molecular flexibility index (Phi) is 4.34. The number of hydrogen-bond donors (Lipinski definition) is 1. The van der Waals surface area contributed by atoms with Crippen LogP contribution in [-0.4, -0.2) is 12.0 Å². The third-order valence-electron chi connectivity index (χ3n) is 2.85. The van der Waals surface area contributed by atoms with Crippen LogP contribution in [0.5, 0.6) is 17.2 Å². The highest BCUT2D eigenvalue weighted by Crippen LogP contribution is 2.34. The van der Waals surface area contributed by atoms with Crippen LogP contribution < -0.4 is 15.2 Å². The topological polar surface area (TPSA) is 87.6 Å². The van der Waals surface area contributed by atoms with Crippen LogP contribution in [0.15, 0.2) is 36.4 Å². The lowest BCUT2D eigenvalue weighted by Gasteiger charge is -2.11. The molecule has 21 heavy (non-hydrogen) atoms. The van der Waals surface area contributed by atoms with E-state index in [9.17, 15) is 14.5 Å². The van der Waals surface area contributed by atoms with Crippen LogP contribution >= 0.6 is 0 Å². The first-order valence-electron chi connectivity index (χ1n) is 6.04. The van der Waals surface area contributed by atoms with Crippen molar-refractivity contribution >= 4 is 5.69 Å². The number of rotatable bonds is 5. The van der Waals surface area contributed by atoms with Crippen LogP contribution in [0.3, 0.4) is 0 Å². The van der Waals surface area contributed by atoms with E-state index in [-0.39, 0.29) is 35.0 Å². The highest BCUT2D eigenvalue weighted by Gasteiger charge is 2.17. The number of nitro groups is 1. The third-order valence-corrected chi connectivity index (χ3v) is 2.85. The summed E-state index contributed by atoms with van der Waals surface area (Å²) in [6.45, 7) is -0.0414. The van der Waals surface area contributed by atoms with Crippen LogP contribution in [-0.2, 0) is 6.54 Å². The van der Waals surface area contributed by atoms with E-state index in [4.69, 9.17) is 15.2 Å². The molecule has 0 saturated heterocycles. The maximum Gasteiger partial charge on any atom is 0.314 e. The molecule has 2 rings (SSSR count). The Morgan fingerprint density at radius 2 is 2.05 bits per heavy atom. The van der Waals surface area contributed by atoms with Gasteiger partial charge >= 0.3 is 5.69 Å². The zero-order valence-electron chi connectivity index (χ0n) is 11.2. The SMILES string of the molecule is COc1ccc(Oc2cccc(F)c2CN)cc1[N+](=O)[O-]. The van der Waals surface area contributed by atoms with Gasteiger partial charge in [-0.25, -0.2) is 4.39 Å². The maximum absolute atomic E-state index is 13.6. The molecule has 0 aliphatic rings. The number of nitrogens with zero attached hydrogens (tertiary/aromatic N) is 1. The van der Waals surface area contributed by atoms with Gasteiger partial charge in [0.25, 0.3) is 0 Å². The molecule has 0 aromatic heterocycles. The van der Waals surface area contributed by atoms with Gasteiger partial charge in [0.2, 0.25) is 0 Å². The largest absolute Gasteiger partial charge is 0.490 e. The van der Waals surface area contributed by atoms with Crippen molar-refractivity contribution in [2.45, 2.75) is 6.54 Å². The van der Waals surface area contributed by atoms with E-state index in [1.807, 2.05) is 0 Å². The average Bonchev–Trinajstić information content (AvgIpc) is 2.47. The smallest absolute Gasteiger partial charge is 0.314 e. The van der Waals surface area contributed by atoms with Crippen LogP contribution in [0.25, 0.3) is 0 Å². The van der Waals surface area contributed by atoms with E-state index < -0.39 is 10.7 Å². The Labute approximate surface area is 120 Å². The minimum absolute atomic E-state index is 0.0414. The molecule has 0 aliphatic carbocycles. The number of halogens is 1. The highest BCUT2D eigenvalue weighted by atomic mass is 19.1. The molecule has 6 nitrogen and oxygen atoms in total. The molecule has 0 spiro atoms. The molecule has 0 bridgehead atoms. The van der Waals surface area contributed by atoms with Crippen LogP contribution in [0.2, 0.25) is 0 Å². The molecule has 0 aliphatic heterocycles. The van der Waals surface area contributed by atoms with Gasteiger partial charge < -0.3 is 15.2 Å². The minimum Gasteiger partial charge on any atom is -0.490 e. The summed E-state index contributed by atoms with van der Waals surface area (Å²) in [7, 11) is 1.34. The molecule has 110 valence electrons. The number of nitrogens with two attached hydrogens (primary N) is 1. The van der Waals surface area contributed by atoms with Gasteiger partial charge in [-0.3, -0.25) is 10.1 Å². The van der Waals surface area contributed by atoms with Crippen molar-refractivity contribution in [1.82, 2.24) is 0 Å². The van der Waals surface area contributed by atoms with Gasteiger partial charge in [-0.15, -0.1) is 0 Å². The van der Waals surface area contributed by atoms with Crippen LogP contribution in [0.1, 0.15) is 5.56 Å². The second-order valence-electron chi connectivity index (χ2n) is 4.11. The third kappa shape index (κ3) is 3.09. The standard InChI is InChI=1S/C14H13FN2O4/c1-20-14-6-5-9(7-12(14)17(18)19)21-13-4-2-3-11(15)10(13)8-16/h2-7H,8,16H2,1H3. The van der Waals surface area contributed by atoms with E-state index in [0.29, 0.717) is 0 Å². The molecule has 0 fully saturated rings. The van der Waals surface area contributed by atoms with E-state index >= 15 is 0 Å². The van der Waals surface area contributed by atoms with Gasteiger partial charge in [0, 0.05) is 12.1 Å². The summed E-state index contributed by atoms with van der Waals surface area (Å²) >= 11 is 0. The van der Waals surface area contributed by atoms with Gasteiger partial charge in [-0.05, 0) is 24.3 Å². The molecular weight excluding hydrogens is 279 g/mol. The monoisotopic (exact) mass is 292 g/mol. The van der Waals surface area contributed by atoms with E-state index in [1.54, 1.807) is 6.07 Å². The lowest BCUT2D eigenvalue weighted by molar-refractivity contribution is -0.385. The molecule has 2 aromatic rings. The fourth-order valence-corrected chi connectivity index (χ4v) is 1.84. The number of methoxy groups -OCH3 is 1. The van der Waals surface area contributed by atoms with Gasteiger partial charge in [-0.1, -0.05) is 6.07 Å². The molecular formula is C14H13FN2O4. The Bertz CT molecular complexity index is 676.